The summed E-state index contributed by atoms with van der Waals surface area (Å²) >= 11 is 0. The first-order chi connectivity index (χ1) is 16.6. The lowest BCUT2D eigenvalue weighted by atomic mass is 9.94. The molecule has 1 aromatic carbocycles. The van der Waals surface area contributed by atoms with Crippen molar-refractivity contribution in [3.8, 4) is 0 Å². The normalized spacial score (nSPS) is 12.8. The molecule has 11 nitrogen and oxygen atoms in total. The van der Waals surface area contributed by atoms with Crippen molar-refractivity contribution in [1.82, 2.24) is 15.5 Å². The standard InChI is InChI=1S/C25H38N4O7/c1-14(2)29(23(33)18(12-19(26)30)28-24(34)36-25(5,6)7)21(22(32)27-13-20(31)35-8)17-11-9-10-15(3)16(17)4/h9-11,14,18,21H,12-13H2,1-8H3,(H2,26,30)(H,27,32)(H,28,34). The number of nitrogens with two attached hydrogens (primary N) is 1. The lowest BCUT2D eigenvalue weighted by Gasteiger charge is -2.37. The Hall–Kier alpha value is -3.63. The molecule has 4 N–H and O–H groups in total. The Morgan fingerprint density at radius 1 is 1.08 bits per heavy atom. The summed E-state index contributed by atoms with van der Waals surface area (Å²) in [7, 11) is 1.19. The number of esters is 1. The highest BCUT2D eigenvalue weighted by Crippen LogP contribution is 2.29. The van der Waals surface area contributed by atoms with Crippen LogP contribution in [0.1, 0.15) is 63.8 Å². The fourth-order valence-electron chi connectivity index (χ4n) is 3.53. The number of amides is 4. The molecule has 2 atom stereocenters. The van der Waals surface area contributed by atoms with Crippen LogP contribution in [0.4, 0.5) is 4.79 Å². The minimum Gasteiger partial charge on any atom is -0.468 e. The van der Waals surface area contributed by atoms with Crippen molar-refractivity contribution in [2.75, 3.05) is 13.7 Å². The van der Waals surface area contributed by atoms with Crippen LogP contribution in [0.15, 0.2) is 18.2 Å². The van der Waals surface area contributed by atoms with Crippen molar-refractivity contribution >= 4 is 29.8 Å². The number of nitrogens with zero attached hydrogens (tertiary/aromatic N) is 1. The van der Waals surface area contributed by atoms with Gasteiger partial charge < -0.3 is 30.7 Å². The minimum absolute atomic E-state index is 0.405. The van der Waals surface area contributed by atoms with E-state index in [1.165, 1.54) is 12.0 Å². The van der Waals surface area contributed by atoms with Crippen LogP contribution < -0.4 is 16.4 Å². The lowest BCUT2D eigenvalue weighted by Crippen LogP contribution is -2.56. The molecule has 11 heteroatoms. The van der Waals surface area contributed by atoms with Gasteiger partial charge in [0.15, 0.2) is 0 Å². The topological polar surface area (TPSA) is 157 Å². The molecular formula is C25H38N4O7. The van der Waals surface area contributed by atoms with Crippen LogP contribution in [0.2, 0.25) is 0 Å². The molecule has 200 valence electrons. The Balaban J connectivity index is 3.55. The van der Waals surface area contributed by atoms with Crippen LogP contribution in [-0.4, -0.2) is 66.0 Å². The maximum atomic E-state index is 13.8. The number of carbonyl (C=O) groups excluding carboxylic acids is 5. The van der Waals surface area contributed by atoms with Crippen LogP contribution >= 0.6 is 0 Å². The summed E-state index contributed by atoms with van der Waals surface area (Å²) < 4.78 is 9.84. The Morgan fingerprint density at radius 2 is 1.69 bits per heavy atom. The zero-order valence-corrected chi connectivity index (χ0v) is 22.3. The molecule has 0 aliphatic rings. The number of ether oxygens (including phenoxy) is 2. The maximum absolute atomic E-state index is 13.8. The molecule has 0 radical (unpaired) electrons. The summed E-state index contributed by atoms with van der Waals surface area (Å²) in [5, 5.41) is 4.92. The van der Waals surface area contributed by atoms with Gasteiger partial charge in [0.05, 0.1) is 13.5 Å². The molecule has 4 amide bonds. The van der Waals surface area contributed by atoms with Crippen molar-refractivity contribution in [3.05, 3.63) is 34.9 Å². The van der Waals surface area contributed by atoms with Crippen molar-refractivity contribution in [2.24, 2.45) is 5.73 Å². The summed E-state index contributed by atoms with van der Waals surface area (Å²) in [5.41, 5.74) is 6.69. The maximum Gasteiger partial charge on any atom is 0.408 e. The van der Waals surface area contributed by atoms with Gasteiger partial charge in [-0.3, -0.25) is 19.2 Å². The molecule has 0 fully saturated rings. The van der Waals surface area contributed by atoms with Crippen molar-refractivity contribution < 1.29 is 33.4 Å². The summed E-state index contributed by atoms with van der Waals surface area (Å²) in [6.07, 6.45) is -1.42. The van der Waals surface area contributed by atoms with E-state index >= 15 is 0 Å². The third-order valence-electron chi connectivity index (χ3n) is 5.31. The summed E-state index contributed by atoms with van der Waals surface area (Å²) in [5.74, 6) is -2.84. The SMILES string of the molecule is COC(=O)CNC(=O)C(c1cccc(C)c1C)N(C(=O)C(CC(N)=O)NC(=O)OC(C)(C)C)C(C)C. The highest BCUT2D eigenvalue weighted by molar-refractivity contribution is 5.95. The predicted octanol–water partition coefficient (Wildman–Crippen LogP) is 1.64. The smallest absolute Gasteiger partial charge is 0.408 e. The number of methoxy groups -OCH3 is 1. The van der Waals surface area contributed by atoms with E-state index in [-0.39, 0.29) is 0 Å². The van der Waals surface area contributed by atoms with Gasteiger partial charge in [-0.15, -0.1) is 0 Å². The number of primary amides is 1. The van der Waals surface area contributed by atoms with E-state index < -0.39 is 66.5 Å². The Labute approximate surface area is 212 Å². The molecule has 0 aliphatic carbocycles. The molecule has 1 aromatic rings. The van der Waals surface area contributed by atoms with Gasteiger partial charge in [0.25, 0.3) is 0 Å². The van der Waals surface area contributed by atoms with Crippen LogP contribution in [0.25, 0.3) is 0 Å². The molecule has 0 bridgehead atoms. The van der Waals surface area contributed by atoms with Crippen LogP contribution in [0.3, 0.4) is 0 Å². The van der Waals surface area contributed by atoms with E-state index in [0.717, 1.165) is 11.1 Å². The monoisotopic (exact) mass is 506 g/mol. The van der Waals surface area contributed by atoms with Gasteiger partial charge in [-0.25, -0.2) is 4.79 Å². The van der Waals surface area contributed by atoms with Gasteiger partial charge in [-0.2, -0.15) is 0 Å². The van der Waals surface area contributed by atoms with E-state index in [2.05, 4.69) is 15.4 Å². The Bertz CT molecular complexity index is 985. The number of rotatable bonds is 10. The summed E-state index contributed by atoms with van der Waals surface area (Å²) in [6.45, 7) is 11.6. The highest BCUT2D eigenvalue weighted by atomic mass is 16.6. The zero-order chi connectivity index (χ0) is 27.8. The average molecular weight is 507 g/mol. The number of nitrogens with one attached hydrogen (secondary N) is 2. The first kappa shape index (κ1) is 30.4. The first-order valence-corrected chi connectivity index (χ1v) is 11.6. The molecule has 0 aromatic heterocycles. The second-order valence-electron chi connectivity index (χ2n) is 9.69. The highest BCUT2D eigenvalue weighted by Gasteiger charge is 2.39. The van der Waals surface area contributed by atoms with Crippen molar-refractivity contribution in [2.45, 2.75) is 78.6 Å². The largest absolute Gasteiger partial charge is 0.468 e. The van der Waals surface area contributed by atoms with Gasteiger partial charge in [0, 0.05) is 6.04 Å². The third-order valence-corrected chi connectivity index (χ3v) is 5.31. The molecule has 0 saturated carbocycles. The number of benzene rings is 1. The van der Waals surface area contributed by atoms with E-state index in [1.54, 1.807) is 46.8 Å². The van der Waals surface area contributed by atoms with E-state index in [1.807, 2.05) is 19.9 Å². The van der Waals surface area contributed by atoms with Gasteiger partial charge in [0.2, 0.25) is 17.7 Å². The molecule has 2 unspecified atom stereocenters. The van der Waals surface area contributed by atoms with Gasteiger partial charge in [0.1, 0.15) is 24.2 Å². The molecular weight excluding hydrogens is 468 g/mol. The second-order valence-corrected chi connectivity index (χ2v) is 9.69. The summed E-state index contributed by atoms with van der Waals surface area (Å²) in [4.78, 5) is 64.4. The van der Waals surface area contributed by atoms with E-state index in [4.69, 9.17) is 10.5 Å². The lowest BCUT2D eigenvalue weighted by molar-refractivity contribution is -0.146. The van der Waals surface area contributed by atoms with Crippen LogP contribution in [0.5, 0.6) is 0 Å². The fraction of sp³-hybridized carbons (Fsp3) is 0.560. The Morgan fingerprint density at radius 3 is 2.19 bits per heavy atom. The zero-order valence-electron chi connectivity index (χ0n) is 22.3. The first-order valence-electron chi connectivity index (χ1n) is 11.6. The van der Waals surface area contributed by atoms with Crippen LogP contribution in [0, 0.1) is 13.8 Å². The fourth-order valence-corrected chi connectivity index (χ4v) is 3.53. The third kappa shape index (κ3) is 8.86. The van der Waals surface area contributed by atoms with Gasteiger partial charge in [-0.1, -0.05) is 18.2 Å². The van der Waals surface area contributed by atoms with Gasteiger partial charge in [-0.05, 0) is 65.2 Å². The summed E-state index contributed by atoms with van der Waals surface area (Å²) in [6, 6.07) is 2.20. The molecule has 0 aliphatic heterocycles. The molecule has 36 heavy (non-hydrogen) atoms. The van der Waals surface area contributed by atoms with Crippen molar-refractivity contribution in [1.29, 1.82) is 0 Å². The predicted molar refractivity (Wildman–Crippen MR) is 133 cm³/mol. The molecule has 1 rings (SSSR count). The molecule has 0 heterocycles. The van der Waals surface area contributed by atoms with Crippen LogP contribution in [-0.2, 0) is 28.7 Å². The quantitative estimate of drug-likeness (QED) is 0.407. The molecule has 0 saturated heterocycles. The number of alkyl carbamates (subject to hydrolysis) is 1. The Kier molecular flexibility index (Phi) is 10.9. The number of hydrogen-bond donors (Lipinski definition) is 3. The number of hydrogen-bond acceptors (Lipinski definition) is 7. The van der Waals surface area contributed by atoms with Gasteiger partial charge >= 0.3 is 12.1 Å². The van der Waals surface area contributed by atoms with E-state index in [9.17, 15) is 24.0 Å². The van der Waals surface area contributed by atoms with Crippen molar-refractivity contribution in [3.63, 3.8) is 0 Å². The number of carbonyl (C=O) groups is 5. The number of aryl methyl sites for hydroxylation is 1. The second kappa shape index (κ2) is 12.9. The van der Waals surface area contributed by atoms with E-state index in [0.29, 0.717) is 5.56 Å². The molecule has 0 spiro atoms. The average Bonchev–Trinajstić information content (AvgIpc) is 2.74. The minimum atomic E-state index is -1.39.